The van der Waals surface area contributed by atoms with Gasteiger partial charge in [0.25, 0.3) is 5.91 Å². The summed E-state index contributed by atoms with van der Waals surface area (Å²) in [7, 11) is 0. The molecule has 0 radical (unpaired) electrons. The van der Waals surface area contributed by atoms with Crippen molar-refractivity contribution in [2.24, 2.45) is 5.41 Å². The van der Waals surface area contributed by atoms with Gasteiger partial charge in [0.05, 0.1) is 28.4 Å². The standard InChI is InChI=1S/C36H36ClF3N8O3/c1-33(2,36(38,39)40)21-35(25-8-5-22(6-9-25)24-18-43-47(19-24)26-10-11-26)30(49)48(31(41)44-35)29(20-51-32(50)45-34(3)13-14-34)23-7-12-27(37)28(17-23)46-16-4-15-42-46/h4-10,12,15-19,29H,11,13-14,20-21H2,1-3H3,(H2,41,44)(H,45,50)/t29-,35-/m1/s1. The number of benzene rings is 2. The molecule has 2 atom stereocenters. The van der Waals surface area contributed by atoms with Crippen molar-refractivity contribution < 1.29 is 27.5 Å². The summed E-state index contributed by atoms with van der Waals surface area (Å²) < 4.78 is 52.5. The number of carbonyl (C=O) groups excluding carboxylic acids is 2. The van der Waals surface area contributed by atoms with E-state index in [1.807, 2.05) is 19.2 Å². The average molecular weight is 721 g/mol. The molecule has 11 nitrogen and oxygen atoms in total. The van der Waals surface area contributed by atoms with Crippen molar-refractivity contribution in [3.05, 3.63) is 95.5 Å². The van der Waals surface area contributed by atoms with E-state index in [-0.39, 0.29) is 5.56 Å². The number of guanidine groups is 1. The van der Waals surface area contributed by atoms with Crippen LogP contribution < -0.4 is 10.6 Å². The smallest absolute Gasteiger partial charge is 0.407 e. The minimum absolute atomic E-state index is 0.241. The molecular weight excluding hydrogens is 685 g/mol. The summed E-state index contributed by atoms with van der Waals surface area (Å²) in [4.78, 5) is 28.8. The molecule has 51 heavy (non-hydrogen) atoms. The van der Waals surface area contributed by atoms with Crippen LogP contribution in [0.4, 0.5) is 18.0 Å². The first-order chi connectivity index (χ1) is 24.1. The summed E-state index contributed by atoms with van der Waals surface area (Å²) in [6.07, 6.45) is 5.13. The number of halogens is 4. The first-order valence-electron chi connectivity index (χ1n) is 16.5. The van der Waals surface area contributed by atoms with Crippen LogP contribution >= 0.6 is 11.6 Å². The molecule has 2 aromatic carbocycles. The summed E-state index contributed by atoms with van der Waals surface area (Å²) >= 11 is 6.53. The Morgan fingerprint density at radius 3 is 2.47 bits per heavy atom. The Hall–Kier alpha value is -5.11. The van der Waals surface area contributed by atoms with Gasteiger partial charge in [-0.1, -0.05) is 61.9 Å². The van der Waals surface area contributed by atoms with Gasteiger partial charge in [0.2, 0.25) is 0 Å². The summed E-state index contributed by atoms with van der Waals surface area (Å²) in [6.45, 7) is 3.54. The molecule has 1 aliphatic heterocycles. The minimum atomic E-state index is -4.68. The van der Waals surface area contributed by atoms with E-state index in [1.54, 1.807) is 71.8 Å². The van der Waals surface area contributed by atoms with Crippen molar-refractivity contribution in [3.63, 3.8) is 0 Å². The number of alkyl halides is 3. The van der Waals surface area contributed by atoms with Crippen LogP contribution in [0, 0.1) is 10.8 Å². The second kappa shape index (κ2) is 12.3. The first kappa shape index (κ1) is 34.3. The van der Waals surface area contributed by atoms with Crippen molar-refractivity contribution in [2.75, 3.05) is 6.61 Å². The van der Waals surface area contributed by atoms with Gasteiger partial charge < -0.3 is 15.4 Å². The maximum atomic E-state index is 14.9. The quantitative estimate of drug-likeness (QED) is 0.150. The lowest BCUT2D eigenvalue weighted by molar-refractivity contribution is -0.218. The van der Waals surface area contributed by atoms with Crippen LogP contribution in [0.25, 0.3) is 22.5 Å². The van der Waals surface area contributed by atoms with Crippen LogP contribution in [-0.4, -0.2) is 60.7 Å². The average Bonchev–Trinajstić information content (AvgIpc) is 3.88. The minimum Gasteiger partial charge on any atom is -0.447 e. The Morgan fingerprint density at radius 2 is 1.84 bits per heavy atom. The van der Waals surface area contributed by atoms with Crippen LogP contribution in [0.15, 0.2) is 79.4 Å². The van der Waals surface area contributed by atoms with E-state index in [4.69, 9.17) is 21.7 Å². The highest BCUT2D eigenvalue weighted by Gasteiger charge is 2.60. The van der Waals surface area contributed by atoms with Crippen molar-refractivity contribution in [2.45, 2.75) is 69.8 Å². The fraction of sp³-hybridized carbons (Fsp3) is 0.361. The Kier molecular flexibility index (Phi) is 8.27. The van der Waals surface area contributed by atoms with E-state index in [2.05, 4.69) is 20.8 Å². The maximum Gasteiger partial charge on any atom is 0.407 e. The molecule has 3 N–H and O–H groups in total. The molecule has 0 unspecified atom stereocenters. The van der Waals surface area contributed by atoms with Gasteiger partial charge >= 0.3 is 12.3 Å². The van der Waals surface area contributed by atoms with E-state index >= 15 is 0 Å². The molecule has 15 heteroatoms. The summed E-state index contributed by atoms with van der Waals surface area (Å²) in [6, 6.07) is 12.1. The second-order valence-electron chi connectivity index (χ2n) is 14.2. The van der Waals surface area contributed by atoms with Gasteiger partial charge in [-0.15, -0.1) is 0 Å². The number of amides is 2. The number of carbonyl (C=O) groups is 2. The highest BCUT2D eigenvalue weighted by Crippen LogP contribution is 2.49. The van der Waals surface area contributed by atoms with E-state index in [0.29, 0.717) is 16.3 Å². The van der Waals surface area contributed by atoms with Crippen molar-refractivity contribution >= 4 is 35.3 Å². The first-order valence-corrected chi connectivity index (χ1v) is 16.8. The van der Waals surface area contributed by atoms with Crippen molar-refractivity contribution in [1.29, 1.82) is 5.41 Å². The van der Waals surface area contributed by atoms with Gasteiger partial charge in [-0.3, -0.25) is 15.1 Å². The van der Waals surface area contributed by atoms with Crippen LogP contribution in [-0.2, 0) is 15.1 Å². The van der Waals surface area contributed by atoms with E-state index in [9.17, 15) is 22.8 Å². The second-order valence-corrected chi connectivity index (χ2v) is 14.6. The molecule has 4 aromatic rings. The molecule has 2 aliphatic carbocycles. The SMILES string of the molecule is CC1(NC(=O)OC[C@H](c2ccc(Cl)c(-n3cccn3)c2)N2C(=N)N[C@](CC(C)(C)C(F)(F)F)(c3ccc(-c4cnn(C5=CC5)c4)cc3)C2=O)CC1. The summed E-state index contributed by atoms with van der Waals surface area (Å²) in [5, 5.41) is 23.7. The van der Waals surface area contributed by atoms with Crippen molar-refractivity contribution in [3.8, 4) is 16.8 Å². The highest BCUT2D eigenvalue weighted by atomic mass is 35.5. The number of rotatable bonds is 11. The number of hydrogen-bond acceptors (Lipinski definition) is 6. The normalized spacial score (nSPS) is 20.1. The van der Waals surface area contributed by atoms with Gasteiger partial charge in [-0.25, -0.2) is 14.2 Å². The molecule has 266 valence electrons. The Morgan fingerprint density at radius 1 is 1.12 bits per heavy atom. The maximum absolute atomic E-state index is 14.9. The number of ether oxygens (including phenoxy) is 1. The fourth-order valence-electron chi connectivity index (χ4n) is 6.30. The molecule has 2 amide bonds. The largest absolute Gasteiger partial charge is 0.447 e. The van der Waals surface area contributed by atoms with Gasteiger partial charge in [-0.2, -0.15) is 23.4 Å². The monoisotopic (exact) mass is 720 g/mol. The Labute approximate surface area is 296 Å². The lowest BCUT2D eigenvalue weighted by Crippen LogP contribution is -2.50. The number of alkyl carbamates (subject to hydrolysis) is 1. The number of nitrogens with zero attached hydrogens (tertiary/aromatic N) is 5. The molecule has 2 aromatic heterocycles. The zero-order valence-corrected chi connectivity index (χ0v) is 28.8. The van der Waals surface area contributed by atoms with Crippen LogP contribution in [0.2, 0.25) is 5.02 Å². The molecule has 2 fully saturated rings. The van der Waals surface area contributed by atoms with Crippen LogP contribution in [0.5, 0.6) is 0 Å². The summed E-state index contributed by atoms with van der Waals surface area (Å²) in [5.74, 6) is -1.25. The predicted molar refractivity (Wildman–Crippen MR) is 184 cm³/mol. The molecule has 3 aliphatic rings. The van der Waals surface area contributed by atoms with E-state index < -0.39 is 59.7 Å². The Bertz CT molecular complexity index is 2040. The van der Waals surface area contributed by atoms with Gasteiger partial charge in [0.15, 0.2) is 5.96 Å². The number of aromatic nitrogens is 4. The zero-order chi connectivity index (χ0) is 36.3. The third-order valence-corrected chi connectivity index (χ3v) is 10.1. The lowest BCUT2D eigenvalue weighted by atomic mass is 9.73. The lowest BCUT2D eigenvalue weighted by Gasteiger charge is -2.37. The fourth-order valence-corrected chi connectivity index (χ4v) is 6.51. The van der Waals surface area contributed by atoms with Gasteiger partial charge in [0, 0.05) is 41.8 Å². The molecule has 3 heterocycles. The molecular formula is C36H36ClF3N8O3. The third-order valence-electron chi connectivity index (χ3n) is 9.80. The van der Waals surface area contributed by atoms with Crippen LogP contribution in [0.1, 0.15) is 63.6 Å². The van der Waals surface area contributed by atoms with Crippen molar-refractivity contribution in [1.82, 2.24) is 35.1 Å². The molecule has 7 rings (SSSR count). The van der Waals surface area contributed by atoms with Gasteiger partial charge in [0.1, 0.15) is 12.1 Å². The highest BCUT2D eigenvalue weighted by molar-refractivity contribution is 6.32. The topological polar surface area (TPSA) is 130 Å². The van der Waals surface area contributed by atoms with E-state index in [1.165, 1.54) is 4.68 Å². The molecule has 1 saturated carbocycles. The molecule has 1 saturated heterocycles. The predicted octanol–water partition coefficient (Wildman–Crippen LogP) is 7.19. The Balaban J connectivity index is 1.28. The summed E-state index contributed by atoms with van der Waals surface area (Å²) in [5.41, 5.74) is -1.03. The number of hydrogen-bond donors (Lipinski definition) is 3. The van der Waals surface area contributed by atoms with Gasteiger partial charge in [-0.05, 0) is 61.1 Å². The zero-order valence-electron chi connectivity index (χ0n) is 28.1. The third kappa shape index (κ3) is 6.60. The van der Waals surface area contributed by atoms with E-state index in [0.717, 1.165) is 54.8 Å². The molecule has 0 spiro atoms. The molecule has 0 bridgehead atoms. The number of nitrogens with one attached hydrogen (secondary N) is 3. The number of allylic oxidation sites excluding steroid dienone is 2. The van der Waals surface area contributed by atoms with Crippen LogP contribution in [0.3, 0.4) is 0 Å².